The Kier molecular flexibility index (Phi) is 2.19. The van der Waals surface area contributed by atoms with Gasteiger partial charge in [0, 0.05) is 23.1 Å². The molecule has 1 fully saturated rings. The van der Waals surface area contributed by atoms with Crippen molar-refractivity contribution in [1.82, 2.24) is 10.3 Å². The van der Waals surface area contributed by atoms with Crippen LogP contribution >= 0.6 is 0 Å². The summed E-state index contributed by atoms with van der Waals surface area (Å²) < 4.78 is 5.30. The zero-order valence-corrected chi connectivity index (χ0v) is 8.49. The van der Waals surface area contributed by atoms with E-state index in [9.17, 15) is 0 Å². The topological polar surface area (TPSA) is 37.0 Å². The fourth-order valence-electron chi connectivity index (χ4n) is 2.13. The molecule has 1 atom stereocenters. The fourth-order valence-corrected chi connectivity index (χ4v) is 2.13. The summed E-state index contributed by atoms with van der Waals surface area (Å²) in [6.45, 7) is 1.51. The minimum atomic E-state index is 0.462. The molecule has 1 aromatic heterocycles. The predicted molar refractivity (Wildman–Crippen MR) is 59.7 cm³/mol. The summed E-state index contributed by atoms with van der Waals surface area (Å²) in [4.78, 5) is 3.29. The molecule has 15 heavy (non-hydrogen) atoms. The van der Waals surface area contributed by atoms with Crippen molar-refractivity contribution in [2.75, 3.05) is 13.3 Å². The number of benzene rings is 1. The van der Waals surface area contributed by atoms with Gasteiger partial charge in [-0.3, -0.25) is 5.32 Å². The monoisotopic (exact) mass is 202 g/mol. The van der Waals surface area contributed by atoms with Crippen molar-refractivity contribution in [2.24, 2.45) is 0 Å². The molecule has 0 aliphatic carbocycles. The summed E-state index contributed by atoms with van der Waals surface area (Å²) in [6, 6.07) is 8.87. The van der Waals surface area contributed by atoms with E-state index in [0.717, 1.165) is 13.0 Å². The lowest BCUT2D eigenvalue weighted by atomic mass is 10.1. The first-order valence-corrected chi connectivity index (χ1v) is 5.29. The average molecular weight is 202 g/mol. The molecule has 2 N–H and O–H groups in total. The van der Waals surface area contributed by atoms with E-state index in [1.165, 1.54) is 16.5 Å². The number of ether oxygens (including phenoxy) is 1. The van der Waals surface area contributed by atoms with Crippen LogP contribution in [0.1, 0.15) is 5.56 Å². The van der Waals surface area contributed by atoms with Gasteiger partial charge in [-0.2, -0.15) is 0 Å². The molecule has 0 amide bonds. The smallest absolute Gasteiger partial charge is 0.0969 e. The van der Waals surface area contributed by atoms with E-state index in [0.29, 0.717) is 12.8 Å². The Bertz CT molecular complexity index is 457. The standard InChI is InChI=1S/C12H14N2O/c1-2-4-12-11(3-1)9(6-13-12)5-10-7-15-8-14-10/h1-4,6,10,13-14H,5,7-8H2/t10-/m0/s1. The highest BCUT2D eigenvalue weighted by atomic mass is 16.5. The van der Waals surface area contributed by atoms with Crippen LogP contribution in [0.5, 0.6) is 0 Å². The lowest BCUT2D eigenvalue weighted by Gasteiger charge is -2.06. The molecule has 0 unspecified atom stereocenters. The summed E-state index contributed by atoms with van der Waals surface area (Å²) in [5, 5.41) is 4.65. The van der Waals surface area contributed by atoms with Crippen LogP contribution in [0.25, 0.3) is 10.9 Å². The Morgan fingerprint density at radius 1 is 1.33 bits per heavy atom. The van der Waals surface area contributed by atoms with Crippen LogP contribution in [-0.2, 0) is 11.2 Å². The van der Waals surface area contributed by atoms with Crippen LogP contribution < -0.4 is 5.32 Å². The largest absolute Gasteiger partial charge is 0.365 e. The second-order valence-electron chi connectivity index (χ2n) is 3.98. The summed E-state index contributed by atoms with van der Waals surface area (Å²) in [6.07, 6.45) is 3.13. The van der Waals surface area contributed by atoms with E-state index >= 15 is 0 Å². The molecule has 3 nitrogen and oxygen atoms in total. The molecular formula is C12H14N2O. The van der Waals surface area contributed by atoms with Gasteiger partial charge in [-0.15, -0.1) is 0 Å². The van der Waals surface area contributed by atoms with Gasteiger partial charge in [0.05, 0.1) is 13.3 Å². The second kappa shape index (κ2) is 3.68. The quantitative estimate of drug-likeness (QED) is 0.777. The molecule has 3 rings (SSSR count). The number of nitrogens with one attached hydrogen (secondary N) is 2. The van der Waals surface area contributed by atoms with Crippen LogP contribution in [0, 0.1) is 0 Å². The Balaban J connectivity index is 1.90. The zero-order chi connectivity index (χ0) is 10.1. The third-order valence-corrected chi connectivity index (χ3v) is 2.93. The molecule has 0 radical (unpaired) electrons. The van der Waals surface area contributed by atoms with Gasteiger partial charge in [-0.05, 0) is 18.1 Å². The molecule has 1 aliphatic heterocycles. The van der Waals surface area contributed by atoms with Crippen molar-refractivity contribution in [3.63, 3.8) is 0 Å². The SMILES string of the molecule is c1ccc2c(C[C@H]3COCN3)c[nH]c2c1. The Labute approximate surface area is 88.4 Å². The Morgan fingerprint density at radius 2 is 2.27 bits per heavy atom. The maximum Gasteiger partial charge on any atom is 0.0969 e. The molecule has 1 aliphatic rings. The molecular weight excluding hydrogens is 188 g/mol. The molecule has 2 aromatic rings. The number of para-hydroxylation sites is 1. The van der Waals surface area contributed by atoms with Crippen LogP contribution in [0.15, 0.2) is 30.5 Å². The van der Waals surface area contributed by atoms with Gasteiger partial charge in [-0.25, -0.2) is 0 Å². The minimum absolute atomic E-state index is 0.462. The molecule has 0 saturated carbocycles. The molecule has 78 valence electrons. The molecule has 2 heterocycles. The third-order valence-electron chi connectivity index (χ3n) is 2.93. The molecule has 3 heteroatoms. The maximum atomic E-state index is 5.30. The number of hydrogen-bond acceptors (Lipinski definition) is 2. The number of hydrogen-bond donors (Lipinski definition) is 2. The van der Waals surface area contributed by atoms with Crippen LogP contribution in [0.4, 0.5) is 0 Å². The van der Waals surface area contributed by atoms with E-state index in [-0.39, 0.29) is 0 Å². The fraction of sp³-hybridized carbons (Fsp3) is 0.333. The highest BCUT2D eigenvalue weighted by Gasteiger charge is 2.16. The van der Waals surface area contributed by atoms with Gasteiger partial charge in [-0.1, -0.05) is 18.2 Å². The van der Waals surface area contributed by atoms with Gasteiger partial charge in [0.25, 0.3) is 0 Å². The Hall–Kier alpha value is -1.32. The van der Waals surface area contributed by atoms with Crippen molar-refractivity contribution < 1.29 is 4.74 Å². The van der Waals surface area contributed by atoms with Crippen molar-refractivity contribution >= 4 is 10.9 Å². The highest BCUT2D eigenvalue weighted by Crippen LogP contribution is 2.19. The first kappa shape index (κ1) is 8.95. The average Bonchev–Trinajstić information content (AvgIpc) is 2.89. The molecule has 0 spiro atoms. The van der Waals surface area contributed by atoms with Crippen LogP contribution in [0.2, 0.25) is 0 Å². The van der Waals surface area contributed by atoms with Crippen molar-refractivity contribution in [2.45, 2.75) is 12.5 Å². The van der Waals surface area contributed by atoms with Gasteiger partial charge >= 0.3 is 0 Å². The van der Waals surface area contributed by atoms with E-state index in [1.807, 2.05) is 0 Å². The van der Waals surface area contributed by atoms with Gasteiger partial charge in [0.2, 0.25) is 0 Å². The highest BCUT2D eigenvalue weighted by molar-refractivity contribution is 5.83. The minimum Gasteiger partial charge on any atom is -0.365 e. The first-order chi connectivity index (χ1) is 7.43. The normalized spacial score (nSPS) is 21.2. The van der Waals surface area contributed by atoms with Crippen LogP contribution in [0.3, 0.4) is 0 Å². The van der Waals surface area contributed by atoms with Crippen molar-refractivity contribution in [1.29, 1.82) is 0 Å². The summed E-state index contributed by atoms with van der Waals surface area (Å²) in [7, 11) is 0. The zero-order valence-electron chi connectivity index (χ0n) is 8.49. The van der Waals surface area contributed by atoms with Gasteiger partial charge < -0.3 is 9.72 Å². The molecule has 1 saturated heterocycles. The lowest BCUT2D eigenvalue weighted by molar-refractivity contribution is 0.189. The van der Waals surface area contributed by atoms with E-state index in [1.54, 1.807) is 0 Å². The summed E-state index contributed by atoms with van der Waals surface area (Å²) in [5.74, 6) is 0. The molecule has 1 aromatic carbocycles. The summed E-state index contributed by atoms with van der Waals surface area (Å²) >= 11 is 0. The number of H-pyrrole nitrogens is 1. The first-order valence-electron chi connectivity index (χ1n) is 5.29. The predicted octanol–water partition coefficient (Wildman–Crippen LogP) is 1.66. The maximum absolute atomic E-state index is 5.30. The van der Waals surface area contributed by atoms with E-state index in [2.05, 4.69) is 40.8 Å². The third kappa shape index (κ3) is 1.64. The number of rotatable bonds is 2. The second-order valence-corrected chi connectivity index (χ2v) is 3.98. The van der Waals surface area contributed by atoms with Gasteiger partial charge in [0.1, 0.15) is 0 Å². The summed E-state index contributed by atoms with van der Waals surface area (Å²) in [5.41, 5.74) is 2.58. The van der Waals surface area contributed by atoms with Gasteiger partial charge in [0.15, 0.2) is 0 Å². The van der Waals surface area contributed by atoms with Crippen molar-refractivity contribution in [3.05, 3.63) is 36.0 Å². The van der Waals surface area contributed by atoms with Crippen molar-refractivity contribution in [3.8, 4) is 0 Å². The number of fused-ring (bicyclic) bond motifs is 1. The van der Waals surface area contributed by atoms with E-state index in [4.69, 9.17) is 4.74 Å². The van der Waals surface area contributed by atoms with Crippen LogP contribution in [-0.4, -0.2) is 24.4 Å². The number of aromatic nitrogens is 1. The lowest BCUT2D eigenvalue weighted by Crippen LogP contribution is -2.25. The van der Waals surface area contributed by atoms with E-state index < -0.39 is 0 Å². The molecule has 0 bridgehead atoms. The number of aromatic amines is 1. The Morgan fingerprint density at radius 3 is 3.13 bits per heavy atom.